The van der Waals surface area contributed by atoms with Gasteiger partial charge in [-0.05, 0) is 67.4 Å². The lowest BCUT2D eigenvalue weighted by Gasteiger charge is -2.15. The van der Waals surface area contributed by atoms with Gasteiger partial charge in [0.15, 0.2) is 0 Å². The van der Waals surface area contributed by atoms with E-state index in [2.05, 4.69) is 15.4 Å². The summed E-state index contributed by atoms with van der Waals surface area (Å²) in [6.07, 6.45) is 2.97. The first-order valence-electron chi connectivity index (χ1n) is 10.8. The Morgan fingerprint density at radius 2 is 1.66 bits per heavy atom. The quantitative estimate of drug-likeness (QED) is 0.391. The molecular weight excluding hydrogens is 466 g/mol. The van der Waals surface area contributed by atoms with E-state index in [-0.39, 0.29) is 4.90 Å². The SMILES string of the molecule is COc1ccc(/C=C/C(=O)NC(C)C(=O)Nc2ccc(C)c(NS(=O)(=O)c3ccccc3)c2)cc1. The molecule has 0 bridgehead atoms. The fraction of sp³-hybridized carbons (Fsp3) is 0.154. The zero-order valence-electron chi connectivity index (χ0n) is 19.6. The molecule has 0 radical (unpaired) electrons. The highest BCUT2D eigenvalue weighted by Crippen LogP contribution is 2.23. The summed E-state index contributed by atoms with van der Waals surface area (Å²) < 4.78 is 33.0. The molecule has 0 spiro atoms. The van der Waals surface area contributed by atoms with E-state index in [1.165, 1.54) is 24.3 Å². The Morgan fingerprint density at radius 3 is 2.31 bits per heavy atom. The maximum atomic E-state index is 12.7. The lowest BCUT2D eigenvalue weighted by molar-refractivity contribution is -0.123. The molecule has 9 heteroatoms. The maximum Gasteiger partial charge on any atom is 0.261 e. The number of hydrogen-bond donors (Lipinski definition) is 3. The van der Waals surface area contributed by atoms with Crippen LogP contribution in [0.5, 0.6) is 5.75 Å². The Hall–Kier alpha value is -4.11. The molecule has 0 saturated heterocycles. The zero-order valence-corrected chi connectivity index (χ0v) is 20.4. The molecule has 0 aliphatic heterocycles. The van der Waals surface area contributed by atoms with Crippen molar-refractivity contribution >= 4 is 39.3 Å². The largest absolute Gasteiger partial charge is 0.497 e. The number of aryl methyl sites for hydroxylation is 1. The summed E-state index contributed by atoms with van der Waals surface area (Å²) in [6, 6.07) is 19.2. The van der Waals surface area contributed by atoms with Crippen LogP contribution in [0.3, 0.4) is 0 Å². The van der Waals surface area contributed by atoms with Crippen LogP contribution in [0.4, 0.5) is 11.4 Å². The molecule has 1 atom stereocenters. The molecule has 0 aliphatic rings. The van der Waals surface area contributed by atoms with E-state index >= 15 is 0 Å². The van der Waals surface area contributed by atoms with Gasteiger partial charge in [0, 0.05) is 11.8 Å². The average Bonchev–Trinajstić information content (AvgIpc) is 2.85. The molecular formula is C26H27N3O5S. The molecule has 3 aromatic carbocycles. The first-order valence-corrected chi connectivity index (χ1v) is 12.3. The van der Waals surface area contributed by atoms with Gasteiger partial charge < -0.3 is 15.4 Å². The van der Waals surface area contributed by atoms with Crippen molar-refractivity contribution in [3.05, 3.63) is 90.0 Å². The van der Waals surface area contributed by atoms with E-state index in [1.54, 1.807) is 81.6 Å². The van der Waals surface area contributed by atoms with Crippen LogP contribution in [-0.2, 0) is 19.6 Å². The number of ether oxygens (including phenoxy) is 1. The van der Waals surface area contributed by atoms with Crippen molar-refractivity contribution in [2.45, 2.75) is 24.8 Å². The summed E-state index contributed by atoms with van der Waals surface area (Å²) in [6.45, 7) is 3.31. The molecule has 0 aromatic heterocycles. The maximum absolute atomic E-state index is 12.7. The molecule has 3 rings (SSSR count). The second-order valence-electron chi connectivity index (χ2n) is 7.77. The highest BCUT2D eigenvalue weighted by molar-refractivity contribution is 7.92. The molecule has 0 heterocycles. The number of rotatable bonds is 9. The van der Waals surface area contributed by atoms with Crippen LogP contribution in [0.1, 0.15) is 18.1 Å². The van der Waals surface area contributed by atoms with Crippen molar-refractivity contribution in [2.75, 3.05) is 17.1 Å². The van der Waals surface area contributed by atoms with E-state index < -0.39 is 27.9 Å². The fourth-order valence-corrected chi connectivity index (χ4v) is 4.22. The number of nitrogens with one attached hydrogen (secondary N) is 3. The van der Waals surface area contributed by atoms with Gasteiger partial charge in [-0.15, -0.1) is 0 Å². The van der Waals surface area contributed by atoms with Gasteiger partial charge in [0.2, 0.25) is 11.8 Å². The van der Waals surface area contributed by atoms with Gasteiger partial charge in [-0.1, -0.05) is 36.4 Å². The van der Waals surface area contributed by atoms with E-state index in [0.29, 0.717) is 22.7 Å². The van der Waals surface area contributed by atoms with Crippen molar-refractivity contribution in [3.63, 3.8) is 0 Å². The van der Waals surface area contributed by atoms with Crippen molar-refractivity contribution in [2.24, 2.45) is 0 Å². The topological polar surface area (TPSA) is 114 Å². The van der Waals surface area contributed by atoms with E-state index in [4.69, 9.17) is 4.74 Å². The van der Waals surface area contributed by atoms with Gasteiger partial charge >= 0.3 is 0 Å². The summed E-state index contributed by atoms with van der Waals surface area (Å²) >= 11 is 0. The Morgan fingerprint density at radius 1 is 0.971 bits per heavy atom. The highest BCUT2D eigenvalue weighted by Gasteiger charge is 2.17. The third kappa shape index (κ3) is 7.18. The Balaban J connectivity index is 1.61. The third-order valence-electron chi connectivity index (χ3n) is 5.10. The van der Waals surface area contributed by atoms with Crippen LogP contribution in [0.2, 0.25) is 0 Å². The van der Waals surface area contributed by atoms with Gasteiger partial charge in [-0.2, -0.15) is 0 Å². The number of carbonyl (C=O) groups is 2. The van der Waals surface area contributed by atoms with Gasteiger partial charge in [0.05, 0.1) is 17.7 Å². The van der Waals surface area contributed by atoms with E-state index in [0.717, 1.165) is 5.56 Å². The second kappa shape index (κ2) is 11.3. The number of anilines is 2. The molecule has 3 N–H and O–H groups in total. The molecule has 0 fully saturated rings. The molecule has 8 nitrogen and oxygen atoms in total. The predicted octanol–water partition coefficient (Wildman–Crippen LogP) is 3.96. The summed E-state index contributed by atoms with van der Waals surface area (Å²) in [7, 11) is -2.21. The van der Waals surface area contributed by atoms with Crippen LogP contribution >= 0.6 is 0 Å². The molecule has 0 saturated carbocycles. The molecule has 2 amide bonds. The molecule has 182 valence electrons. The van der Waals surface area contributed by atoms with Crippen molar-refractivity contribution in [3.8, 4) is 5.75 Å². The molecule has 0 aliphatic carbocycles. The fourth-order valence-electron chi connectivity index (χ4n) is 3.08. The Kier molecular flexibility index (Phi) is 8.27. The zero-order chi connectivity index (χ0) is 25.4. The first-order chi connectivity index (χ1) is 16.7. The number of carbonyl (C=O) groups excluding carboxylic acids is 2. The van der Waals surface area contributed by atoms with Gasteiger partial charge in [-0.3, -0.25) is 14.3 Å². The number of methoxy groups -OCH3 is 1. The minimum Gasteiger partial charge on any atom is -0.497 e. The lowest BCUT2D eigenvalue weighted by atomic mass is 10.2. The average molecular weight is 494 g/mol. The normalized spacial score (nSPS) is 12.1. The number of benzene rings is 3. The third-order valence-corrected chi connectivity index (χ3v) is 6.48. The van der Waals surface area contributed by atoms with Crippen molar-refractivity contribution in [1.29, 1.82) is 0 Å². The number of sulfonamides is 1. The van der Waals surface area contributed by atoms with Crippen LogP contribution in [0.15, 0.2) is 83.8 Å². The van der Waals surface area contributed by atoms with E-state index in [9.17, 15) is 18.0 Å². The summed E-state index contributed by atoms with van der Waals surface area (Å²) in [5.41, 5.74) is 2.22. The van der Waals surface area contributed by atoms with Crippen LogP contribution in [-0.4, -0.2) is 33.4 Å². The molecule has 3 aromatic rings. The summed E-state index contributed by atoms with van der Waals surface area (Å²) in [5.74, 6) is -0.162. The van der Waals surface area contributed by atoms with Crippen LogP contribution in [0.25, 0.3) is 6.08 Å². The summed E-state index contributed by atoms with van der Waals surface area (Å²) in [5, 5.41) is 5.30. The van der Waals surface area contributed by atoms with Gasteiger partial charge in [0.25, 0.3) is 10.0 Å². The molecule has 1 unspecified atom stereocenters. The highest BCUT2D eigenvalue weighted by atomic mass is 32.2. The monoisotopic (exact) mass is 493 g/mol. The second-order valence-corrected chi connectivity index (χ2v) is 9.46. The van der Waals surface area contributed by atoms with Gasteiger partial charge in [0.1, 0.15) is 11.8 Å². The standard InChI is InChI=1S/C26H27N3O5S/c1-18-9-13-21(17-24(18)29-35(32,33)23-7-5-4-6-8-23)28-26(31)19(2)27-25(30)16-12-20-10-14-22(34-3)15-11-20/h4-17,19,29H,1-3H3,(H,27,30)(H,28,31)/b16-12+. The first kappa shape index (κ1) is 25.5. The predicted molar refractivity (Wildman–Crippen MR) is 137 cm³/mol. The minimum atomic E-state index is -3.78. The van der Waals surface area contributed by atoms with Crippen LogP contribution in [0, 0.1) is 6.92 Å². The van der Waals surface area contributed by atoms with Gasteiger partial charge in [-0.25, -0.2) is 8.42 Å². The Bertz CT molecular complexity index is 1320. The van der Waals surface area contributed by atoms with Crippen molar-refractivity contribution in [1.82, 2.24) is 5.32 Å². The minimum absolute atomic E-state index is 0.132. The summed E-state index contributed by atoms with van der Waals surface area (Å²) in [4.78, 5) is 24.9. The van der Waals surface area contributed by atoms with E-state index in [1.807, 2.05) is 0 Å². The lowest BCUT2D eigenvalue weighted by Crippen LogP contribution is -2.40. The van der Waals surface area contributed by atoms with Crippen molar-refractivity contribution < 1.29 is 22.7 Å². The Labute approximate surface area is 205 Å². The number of amides is 2. The van der Waals surface area contributed by atoms with Crippen LogP contribution < -0.4 is 20.1 Å². The smallest absolute Gasteiger partial charge is 0.261 e. The number of hydrogen-bond acceptors (Lipinski definition) is 5. The molecule has 35 heavy (non-hydrogen) atoms.